The summed E-state index contributed by atoms with van der Waals surface area (Å²) in [7, 11) is 1.56. The van der Waals surface area contributed by atoms with Crippen LogP contribution in [0.5, 0.6) is 0 Å². The summed E-state index contributed by atoms with van der Waals surface area (Å²) in [6.07, 6.45) is 0.731. The highest BCUT2D eigenvalue weighted by Crippen LogP contribution is 2.26. The number of carbonyl (C=O) groups excluding carboxylic acids is 4. The van der Waals surface area contributed by atoms with Crippen LogP contribution >= 0.6 is 0 Å². The molecule has 2 aliphatic heterocycles. The van der Waals surface area contributed by atoms with Gasteiger partial charge in [-0.1, -0.05) is 0 Å². The molecular formula is C18H20N6O4. The van der Waals surface area contributed by atoms with Crippen molar-refractivity contribution in [2.75, 3.05) is 25.5 Å². The van der Waals surface area contributed by atoms with Gasteiger partial charge in [-0.3, -0.25) is 14.9 Å². The fraction of sp³-hybridized carbons (Fsp3) is 0.333. The van der Waals surface area contributed by atoms with Crippen LogP contribution in [0, 0.1) is 0 Å². The second-order valence-electron chi connectivity index (χ2n) is 6.97. The Kier molecular flexibility index (Phi) is 4.17. The second kappa shape index (κ2) is 6.55. The Labute approximate surface area is 160 Å². The van der Waals surface area contributed by atoms with E-state index in [-0.39, 0.29) is 17.8 Å². The number of fused-ring (bicyclic) bond motifs is 1. The number of H-pyrrole nitrogens is 1. The molecule has 0 saturated carbocycles. The minimum atomic E-state index is -0.909. The molecule has 3 heterocycles. The molecule has 0 unspecified atom stereocenters. The molecule has 0 atom stereocenters. The summed E-state index contributed by atoms with van der Waals surface area (Å²) in [5, 5.41) is 11.1. The number of hydrogen-bond donors (Lipinski definition) is 5. The second-order valence-corrected chi connectivity index (χ2v) is 6.97. The number of amides is 6. The topological polar surface area (TPSA) is 135 Å². The van der Waals surface area contributed by atoms with Crippen LogP contribution in [0.2, 0.25) is 0 Å². The van der Waals surface area contributed by atoms with E-state index in [0.29, 0.717) is 37.3 Å². The van der Waals surface area contributed by atoms with Crippen molar-refractivity contribution in [3.05, 3.63) is 30.0 Å². The molecular weight excluding hydrogens is 364 g/mol. The molecule has 2 aliphatic rings. The molecule has 1 aromatic carbocycles. The number of likely N-dealkylation sites (tertiary alicyclic amines) is 1. The Bertz CT molecular complexity index is 989. The van der Waals surface area contributed by atoms with Crippen LogP contribution in [0.4, 0.5) is 15.3 Å². The van der Waals surface area contributed by atoms with E-state index in [9.17, 15) is 19.2 Å². The lowest BCUT2D eigenvalue weighted by Gasteiger charge is -2.36. The van der Waals surface area contributed by atoms with E-state index in [1.165, 1.54) is 0 Å². The molecule has 28 heavy (non-hydrogen) atoms. The minimum Gasteiger partial charge on any atom is -0.354 e. The van der Waals surface area contributed by atoms with Crippen LogP contribution in [0.25, 0.3) is 10.9 Å². The van der Waals surface area contributed by atoms with E-state index in [4.69, 9.17) is 0 Å². The van der Waals surface area contributed by atoms with Gasteiger partial charge in [0.15, 0.2) is 0 Å². The lowest BCUT2D eigenvalue weighted by Crippen LogP contribution is -2.56. The smallest absolute Gasteiger partial charge is 0.322 e. The predicted molar refractivity (Wildman–Crippen MR) is 101 cm³/mol. The summed E-state index contributed by atoms with van der Waals surface area (Å²) < 4.78 is 0. The van der Waals surface area contributed by atoms with E-state index in [1.54, 1.807) is 36.2 Å². The van der Waals surface area contributed by atoms with Gasteiger partial charge in [0.05, 0.1) is 0 Å². The first-order valence-electron chi connectivity index (χ1n) is 8.95. The van der Waals surface area contributed by atoms with E-state index in [2.05, 4.69) is 26.3 Å². The number of benzene rings is 1. The van der Waals surface area contributed by atoms with Gasteiger partial charge in [-0.25, -0.2) is 9.59 Å². The van der Waals surface area contributed by atoms with E-state index in [1.807, 2.05) is 0 Å². The number of urea groups is 2. The van der Waals surface area contributed by atoms with Crippen molar-refractivity contribution < 1.29 is 19.2 Å². The Morgan fingerprint density at radius 2 is 1.89 bits per heavy atom. The van der Waals surface area contributed by atoms with Gasteiger partial charge in [-0.05, 0) is 37.1 Å². The van der Waals surface area contributed by atoms with E-state index in [0.717, 1.165) is 10.9 Å². The van der Waals surface area contributed by atoms with Gasteiger partial charge in [0.1, 0.15) is 11.2 Å². The Hall–Kier alpha value is -3.56. The number of piperidine rings is 1. The fourth-order valence-corrected chi connectivity index (χ4v) is 3.64. The third kappa shape index (κ3) is 3.02. The first-order chi connectivity index (χ1) is 13.4. The van der Waals surface area contributed by atoms with Crippen molar-refractivity contribution in [3.8, 4) is 0 Å². The summed E-state index contributed by atoms with van der Waals surface area (Å²) in [6, 6.07) is 6.28. The Morgan fingerprint density at radius 1 is 1.14 bits per heavy atom. The van der Waals surface area contributed by atoms with E-state index >= 15 is 0 Å². The summed E-state index contributed by atoms with van der Waals surface area (Å²) in [5.74, 6) is -0.547. The minimum absolute atomic E-state index is 0.216. The normalized spacial score (nSPS) is 18.1. The van der Waals surface area contributed by atoms with Crippen LogP contribution in [0.1, 0.15) is 23.3 Å². The SMILES string of the molecule is CNC(=O)c1cc2cc(NC(=O)N3CCC4(CC3)NC(=O)NC4=O)ccc2[nH]1. The van der Waals surface area contributed by atoms with Crippen molar-refractivity contribution in [3.63, 3.8) is 0 Å². The summed E-state index contributed by atoms with van der Waals surface area (Å²) in [6.45, 7) is 0.708. The van der Waals surface area contributed by atoms with Gasteiger partial charge in [-0.2, -0.15) is 0 Å². The number of aromatic nitrogens is 1. The highest BCUT2D eigenvalue weighted by atomic mass is 16.2. The largest absolute Gasteiger partial charge is 0.354 e. The van der Waals surface area contributed by atoms with Gasteiger partial charge in [0.2, 0.25) is 0 Å². The molecule has 4 rings (SSSR count). The summed E-state index contributed by atoms with van der Waals surface area (Å²) in [4.78, 5) is 52.3. The number of hydrogen-bond acceptors (Lipinski definition) is 4. The number of aromatic amines is 1. The van der Waals surface area contributed by atoms with Crippen molar-refractivity contribution in [2.24, 2.45) is 0 Å². The molecule has 2 aromatic rings. The molecule has 10 nitrogen and oxygen atoms in total. The molecule has 146 valence electrons. The number of nitrogens with one attached hydrogen (secondary N) is 5. The van der Waals surface area contributed by atoms with Crippen molar-refractivity contribution in [1.82, 2.24) is 25.8 Å². The quantitative estimate of drug-likeness (QED) is 0.488. The lowest BCUT2D eigenvalue weighted by molar-refractivity contribution is -0.125. The Morgan fingerprint density at radius 3 is 2.54 bits per heavy atom. The molecule has 2 fully saturated rings. The number of carbonyl (C=O) groups is 4. The highest BCUT2D eigenvalue weighted by Gasteiger charge is 2.48. The van der Waals surface area contributed by atoms with Gasteiger partial charge in [-0.15, -0.1) is 0 Å². The predicted octanol–water partition coefficient (Wildman–Crippen LogP) is 0.733. The maximum Gasteiger partial charge on any atom is 0.322 e. The van der Waals surface area contributed by atoms with Crippen LogP contribution < -0.4 is 21.3 Å². The Balaban J connectivity index is 1.42. The standard InChI is InChI=1S/C18H20N6O4/c1-19-14(25)13-9-10-8-11(2-3-12(10)21-13)20-17(28)24-6-4-18(5-7-24)15(26)22-16(27)23-18/h2-3,8-9,21H,4-7H2,1H3,(H,19,25)(H,20,28)(H2,22,23,26,27). The van der Waals surface area contributed by atoms with Gasteiger partial charge >= 0.3 is 12.1 Å². The molecule has 6 amide bonds. The highest BCUT2D eigenvalue weighted by molar-refractivity contribution is 6.07. The third-order valence-corrected chi connectivity index (χ3v) is 5.26. The van der Waals surface area contributed by atoms with Crippen molar-refractivity contribution in [1.29, 1.82) is 0 Å². The number of nitrogens with zero attached hydrogens (tertiary/aromatic N) is 1. The molecule has 0 aliphatic carbocycles. The van der Waals surface area contributed by atoms with Gasteiger partial charge in [0, 0.05) is 36.7 Å². The molecule has 10 heteroatoms. The first-order valence-corrected chi connectivity index (χ1v) is 8.95. The zero-order chi connectivity index (χ0) is 19.9. The molecule has 0 bridgehead atoms. The molecule has 0 radical (unpaired) electrons. The number of imide groups is 1. The number of rotatable bonds is 2. The van der Waals surface area contributed by atoms with Crippen LogP contribution in [0.3, 0.4) is 0 Å². The summed E-state index contributed by atoms with van der Waals surface area (Å²) in [5.41, 5.74) is 0.930. The maximum absolute atomic E-state index is 12.6. The number of anilines is 1. The average molecular weight is 384 g/mol. The van der Waals surface area contributed by atoms with Crippen LogP contribution in [-0.2, 0) is 4.79 Å². The van der Waals surface area contributed by atoms with Gasteiger partial charge in [0.25, 0.3) is 11.8 Å². The van der Waals surface area contributed by atoms with Gasteiger partial charge < -0.3 is 25.8 Å². The zero-order valence-corrected chi connectivity index (χ0v) is 15.2. The maximum atomic E-state index is 12.6. The monoisotopic (exact) mass is 384 g/mol. The fourth-order valence-electron chi connectivity index (χ4n) is 3.64. The average Bonchev–Trinajstić information content (AvgIpc) is 3.22. The van der Waals surface area contributed by atoms with Crippen LogP contribution in [0.15, 0.2) is 24.3 Å². The lowest BCUT2D eigenvalue weighted by atomic mass is 9.88. The first kappa shape index (κ1) is 17.8. The van der Waals surface area contributed by atoms with Crippen LogP contribution in [-0.4, -0.2) is 59.4 Å². The molecule has 5 N–H and O–H groups in total. The zero-order valence-electron chi connectivity index (χ0n) is 15.2. The molecule has 1 spiro atoms. The summed E-state index contributed by atoms with van der Waals surface area (Å²) >= 11 is 0. The van der Waals surface area contributed by atoms with Crippen molar-refractivity contribution in [2.45, 2.75) is 18.4 Å². The molecule has 2 saturated heterocycles. The van der Waals surface area contributed by atoms with E-state index < -0.39 is 11.6 Å². The van der Waals surface area contributed by atoms with Crippen molar-refractivity contribution >= 4 is 40.5 Å². The third-order valence-electron chi connectivity index (χ3n) is 5.26. The molecule has 1 aromatic heterocycles.